The molecule has 0 bridgehead atoms. The van der Waals surface area contributed by atoms with Crippen molar-refractivity contribution in [3.05, 3.63) is 69.4 Å². The monoisotopic (exact) mass is 333 g/mol. The number of fused-ring (bicyclic) bond motifs is 1. The Morgan fingerprint density at radius 2 is 2.10 bits per heavy atom. The van der Waals surface area contributed by atoms with Gasteiger partial charge in [-0.05, 0) is 35.7 Å². The number of amides is 1. The largest absolute Gasteiger partial charge is 0.351 e. The van der Waals surface area contributed by atoms with Crippen LogP contribution in [0.2, 0.25) is 0 Å². The average Bonchev–Trinajstić information content (AvgIpc) is 2.41. The molecule has 2 aromatic carbocycles. The highest BCUT2D eigenvalue weighted by Crippen LogP contribution is 2.34. The van der Waals surface area contributed by atoms with Crippen LogP contribution < -0.4 is 5.32 Å². The molecule has 2 aromatic rings. The first-order valence-corrected chi connectivity index (χ1v) is 7.24. The number of halogens is 2. The van der Waals surface area contributed by atoms with Crippen molar-refractivity contribution in [2.45, 2.75) is 18.9 Å². The number of carbonyl (C=O) groups is 1. The van der Waals surface area contributed by atoms with Gasteiger partial charge in [0.15, 0.2) is 0 Å². The van der Waals surface area contributed by atoms with E-state index in [4.69, 9.17) is 0 Å². The quantitative estimate of drug-likeness (QED) is 0.914. The van der Waals surface area contributed by atoms with Gasteiger partial charge in [-0.15, -0.1) is 0 Å². The van der Waals surface area contributed by atoms with E-state index in [1.807, 2.05) is 24.3 Å². The minimum atomic E-state index is -0.303. The molecule has 0 fully saturated rings. The number of rotatable bonds is 3. The standard InChI is InChI=1S/C16H13BrFNO/c17-12-5-6-15(18)11(7-12)9-19-16(20)14-8-10-3-1-2-4-13(10)14/h1-7,14H,8-9H2,(H,19,20). The minimum Gasteiger partial charge on any atom is -0.351 e. The summed E-state index contributed by atoms with van der Waals surface area (Å²) in [4.78, 5) is 12.1. The van der Waals surface area contributed by atoms with Crippen LogP contribution in [0.15, 0.2) is 46.9 Å². The van der Waals surface area contributed by atoms with E-state index in [0.717, 1.165) is 16.5 Å². The molecule has 4 heteroatoms. The Bertz CT molecular complexity index is 671. The molecule has 102 valence electrons. The van der Waals surface area contributed by atoms with E-state index in [-0.39, 0.29) is 24.2 Å². The lowest BCUT2D eigenvalue weighted by Gasteiger charge is -2.28. The first-order valence-electron chi connectivity index (χ1n) is 6.44. The van der Waals surface area contributed by atoms with E-state index in [9.17, 15) is 9.18 Å². The second-order valence-corrected chi connectivity index (χ2v) is 5.82. The Morgan fingerprint density at radius 1 is 1.30 bits per heavy atom. The van der Waals surface area contributed by atoms with Gasteiger partial charge in [-0.25, -0.2) is 4.39 Å². The molecule has 1 unspecified atom stereocenters. The van der Waals surface area contributed by atoms with Crippen LogP contribution in [0.1, 0.15) is 22.6 Å². The fourth-order valence-corrected chi connectivity index (χ4v) is 2.89. The van der Waals surface area contributed by atoms with Crippen LogP contribution in [-0.2, 0) is 17.8 Å². The summed E-state index contributed by atoms with van der Waals surface area (Å²) in [5, 5.41) is 2.81. The molecular weight excluding hydrogens is 321 g/mol. The zero-order chi connectivity index (χ0) is 14.1. The number of benzene rings is 2. The van der Waals surface area contributed by atoms with Crippen LogP contribution >= 0.6 is 15.9 Å². The number of hydrogen-bond donors (Lipinski definition) is 1. The molecule has 0 saturated carbocycles. The van der Waals surface area contributed by atoms with Crippen molar-refractivity contribution in [1.82, 2.24) is 5.32 Å². The maximum atomic E-state index is 13.6. The molecule has 0 aromatic heterocycles. The van der Waals surface area contributed by atoms with Gasteiger partial charge in [0.25, 0.3) is 0 Å². The Morgan fingerprint density at radius 3 is 2.90 bits per heavy atom. The SMILES string of the molecule is O=C(NCc1cc(Br)ccc1F)C1Cc2ccccc21. The van der Waals surface area contributed by atoms with Gasteiger partial charge >= 0.3 is 0 Å². The first kappa shape index (κ1) is 13.3. The van der Waals surface area contributed by atoms with Crippen molar-refractivity contribution < 1.29 is 9.18 Å². The second-order valence-electron chi connectivity index (χ2n) is 4.91. The summed E-state index contributed by atoms with van der Waals surface area (Å²) in [6, 6.07) is 12.6. The van der Waals surface area contributed by atoms with E-state index in [1.165, 1.54) is 11.6 Å². The molecule has 0 aliphatic heterocycles. The van der Waals surface area contributed by atoms with Crippen LogP contribution in [0.25, 0.3) is 0 Å². The van der Waals surface area contributed by atoms with Gasteiger partial charge in [0.05, 0.1) is 5.92 Å². The fourth-order valence-electron chi connectivity index (χ4n) is 2.48. The van der Waals surface area contributed by atoms with Gasteiger partial charge in [0, 0.05) is 16.6 Å². The highest BCUT2D eigenvalue weighted by molar-refractivity contribution is 9.10. The number of nitrogens with one attached hydrogen (secondary N) is 1. The smallest absolute Gasteiger partial charge is 0.228 e. The van der Waals surface area contributed by atoms with Crippen LogP contribution in [0.3, 0.4) is 0 Å². The Hall–Kier alpha value is -1.68. The molecule has 1 atom stereocenters. The van der Waals surface area contributed by atoms with Crippen molar-refractivity contribution in [3.8, 4) is 0 Å². The van der Waals surface area contributed by atoms with Crippen LogP contribution in [-0.4, -0.2) is 5.91 Å². The second kappa shape index (κ2) is 5.37. The van der Waals surface area contributed by atoms with E-state index in [0.29, 0.717) is 5.56 Å². The van der Waals surface area contributed by atoms with Gasteiger partial charge in [0.1, 0.15) is 5.82 Å². The van der Waals surface area contributed by atoms with Crippen molar-refractivity contribution in [2.75, 3.05) is 0 Å². The lowest BCUT2D eigenvalue weighted by atomic mass is 9.77. The van der Waals surface area contributed by atoms with E-state index >= 15 is 0 Å². The Balaban J connectivity index is 1.65. The van der Waals surface area contributed by atoms with Crippen LogP contribution in [0.4, 0.5) is 4.39 Å². The zero-order valence-electron chi connectivity index (χ0n) is 10.7. The lowest BCUT2D eigenvalue weighted by Crippen LogP contribution is -2.35. The predicted molar refractivity (Wildman–Crippen MR) is 78.8 cm³/mol. The normalized spacial score (nSPS) is 16.2. The molecule has 1 aliphatic rings. The average molecular weight is 334 g/mol. The van der Waals surface area contributed by atoms with Gasteiger partial charge in [-0.3, -0.25) is 4.79 Å². The number of hydrogen-bond acceptors (Lipinski definition) is 1. The van der Waals surface area contributed by atoms with Gasteiger partial charge in [0.2, 0.25) is 5.91 Å². The molecule has 3 rings (SSSR count). The summed E-state index contributed by atoms with van der Waals surface area (Å²) in [5.41, 5.74) is 2.79. The molecule has 20 heavy (non-hydrogen) atoms. The maximum Gasteiger partial charge on any atom is 0.228 e. The summed E-state index contributed by atoms with van der Waals surface area (Å²) in [7, 11) is 0. The molecular formula is C16H13BrFNO. The topological polar surface area (TPSA) is 29.1 Å². The van der Waals surface area contributed by atoms with Crippen LogP contribution in [0, 0.1) is 5.82 Å². The summed E-state index contributed by atoms with van der Waals surface area (Å²) in [6.45, 7) is 0.211. The highest BCUT2D eigenvalue weighted by atomic mass is 79.9. The van der Waals surface area contributed by atoms with Gasteiger partial charge in [-0.1, -0.05) is 40.2 Å². The maximum absolute atomic E-state index is 13.6. The Labute approximate surface area is 125 Å². The number of carbonyl (C=O) groups excluding carboxylic acids is 1. The van der Waals surface area contributed by atoms with E-state index in [1.54, 1.807) is 12.1 Å². The Kier molecular flexibility index (Phi) is 3.57. The summed E-state index contributed by atoms with van der Waals surface area (Å²) < 4.78 is 14.4. The molecule has 0 radical (unpaired) electrons. The van der Waals surface area contributed by atoms with Gasteiger partial charge < -0.3 is 5.32 Å². The summed E-state index contributed by atoms with van der Waals surface area (Å²) >= 11 is 3.30. The summed E-state index contributed by atoms with van der Waals surface area (Å²) in [6.07, 6.45) is 0.767. The van der Waals surface area contributed by atoms with Crippen molar-refractivity contribution >= 4 is 21.8 Å². The van der Waals surface area contributed by atoms with E-state index in [2.05, 4.69) is 21.2 Å². The van der Waals surface area contributed by atoms with Gasteiger partial charge in [-0.2, -0.15) is 0 Å². The molecule has 2 nitrogen and oxygen atoms in total. The summed E-state index contributed by atoms with van der Waals surface area (Å²) in [5.74, 6) is -0.438. The van der Waals surface area contributed by atoms with E-state index < -0.39 is 0 Å². The third-order valence-electron chi connectivity index (χ3n) is 3.63. The molecule has 1 aliphatic carbocycles. The molecule has 1 N–H and O–H groups in total. The predicted octanol–water partition coefficient (Wildman–Crippen LogP) is 3.54. The molecule has 0 spiro atoms. The third kappa shape index (κ3) is 2.48. The molecule has 1 amide bonds. The molecule has 0 saturated heterocycles. The minimum absolute atomic E-state index is 0.0388. The zero-order valence-corrected chi connectivity index (χ0v) is 12.3. The van der Waals surface area contributed by atoms with Crippen molar-refractivity contribution in [2.24, 2.45) is 0 Å². The van der Waals surface area contributed by atoms with Crippen molar-refractivity contribution in [3.63, 3.8) is 0 Å². The highest BCUT2D eigenvalue weighted by Gasteiger charge is 2.31. The fraction of sp³-hybridized carbons (Fsp3) is 0.188. The lowest BCUT2D eigenvalue weighted by molar-refractivity contribution is -0.123. The third-order valence-corrected chi connectivity index (χ3v) is 4.13. The van der Waals surface area contributed by atoms with Crippen LogP contribution in [0.5, 0.6) is 0 Å². The first-order chi connectivity index (χ1) is 9.65. The molecule has 0 heterocycles. The van der Waals surface area contributed by atoms with Crippen molar-refractivity contribution in [1.29, 1.82) is 0 Å².